The van der Waals surface area contributed by atoms with Crippen LogP contribution in [0, 0.1) is 11.8 Å². The number of aliphatic hydroxyl groups excluding tert-OH is 14. The van der Waals surface area contributed by atoms with Crippen molar-refractivity contribution in [2.75, 3.05) is 85.4 Å². The van der Waals surface area contributed by atoms with Crippen LogP contribution in [0.3, 0.4) is 0 Å². The molecule has 462 valence electrons. The maximum atomic E-state index is 11.4. The third-order valence-electron chi connectivity index (χ3n) is 15.6. The van der Waals surface area contributed by atoms with Crippen molar-refractivity contribution in [3.05, 3.63) is 0 Å². The number of hydrogen-bond acceptors (Lipinski definition) is 27. The summed E-state index contributed by atoms with van der Waals surface area (Å²) in [4.78, 5) is 2.02. The molecule has 13 rings (SSSR count). The fraction of sp³-hybridized carbons (Fsp3) is 0.936. The van der Waals surface area contributed by atoms with Crippen molar-refractivity contribution in [3.63, 3.8) is 0 Å². The first-order chi connectivity index (χ1) is 38.3. The lowest BCUT2D eigenvalue weighted by Crippen LogP contribution is -2.64. The van der Waals surface area contributed by atoms with Gasteiger partial charge in [0.2, 0.25) is 0 Å². The number of nitrogens with one attached hydrogen (secondary N) is 6. The van der Waals surface area contributed by atoms with Gasteiger partial charge in [-0.05, 0) is 62.3 Å². The Balaban J connectivity index is 0.938. The van der Waals surface area contributed by atoms with Crippen LogP contribution in [0.2, 0.25) is 0 Å². The molecule has 80 heavy (non-hydrogen) atoms. The van der Waals surface area contributed by atoms with Crippen LogP contribution in [0.25, 0.3) is 0 Å². The molecule has 14 unspecified atom stereocenters. The molecule has 25 atom stereocenters. The highest BCUT2D eigenvalue weighted by Crippen LogP contribution is 2.36. The fourth-order valence-electron chi connectivity index (χ4n) is 10.9. The summed E-state index contributed by atoms with van der Waals surface area (Å²) in [5.74, 6) is -1.17. The smallest absolute Gasteiger partial charge is 0.186 e. The van der Waals surface area contributed by atoms with Gasteiger partial charge in [0.25, 0.3) is 0 Å². The first-order valence-electron chi connectivity index (χ1n) is 27.3. The lowest BCUT2D eigenvalue weighted by molar-refractivity contribution is -0.355. The van der Waals surface area contributed by atoms with E-state index in [0.717, 1.165) is 0 Å². The van der Waals surface area contributed by atoms with Gasteiger partial charge < -0.3 is 146 Å². The molecule has 0 aromatic heterocycles. The highest BCUT2D eigenvalue weighted by atomic mass is 32.1. The van der Waals surface area contributed by atoms with Gasteiger partial charge in [0.1, 0.15) is 85.5 Å². The van der Waals surface area contributed by atoms with Crippen LogP contribution in [0.4, 0.5) is 0 Å². The molecule has 13 heterocycles. The van der Waals surface area contributed by atoms with E-state index in [-0.39, 0.29) is 48.2 Å². The second-order valence-corrected chi connectivity index (χ2v) is 22.2. The summed E-state index contributed by atoms with van der Waals surface area (Å²) in [5, 5.41) is 168. The van der Waals surface area contributed by atoms with Gasteiger partial charge in [0.05, 0.1) is 44.2 Å². The normalized spacial score (nSPS) is 42.7. The zero-order chi connectivity index (χ0) is 57.8. The molecule has 0 aromatic rings. The first-order valence-corrected chi connectivity index (χ1v) is 28.5. The number of aliphatic hydroxyl groups is 14. The zero-order valence-electron chi connectivity index (χ0n) is 44.0. The van der Waals surface area contributed by atoms with E-state index < -0.39 is 173 Å². The molecule has 13 aliphatic rings. The Morgan fingerprint density at radius 3 is 1.21 bits per heavy atom. The summed E-state index contributed by atoms with van der Waals surface area (Å²) in [5.41, 5.74) is 0. The van der Waals surface area contributed by atoms with Crippen LogP contribution < -0.4 is 31.9 Å². The molecule has 0 amide bonds. The summed E-state index contributed by atoms with van der Waals surface area (Å²) in [7, 11) is 0. The number of nitrogens with zero attached hydrogens (tertiary/aromatic N) is 1. The van der Waals surface area contributed by atoms with Crippen LogP contribution in [0.1, 0.15) is 38.5 Å². The molecule has 13 fully saturated rings. The Bertz CT molecular complexity index is 1820. The van der Waals surface area contributed by atoms with E-state index in [4.69, 9.17) is 79.3 Å². The van der Waals surface area contributed by atoms with Gasteiger partial charge >= 0.3 is 0 Å². The average Bonchev–Trinajstić information content (AvgIpc) is 3.48. The lowest BCUT2D eigenvalue weighted by Gasteiger charge is -2.47. The summed E-state index contributed by atoms with van der Waals surface area (Å²) < 4.78 is 52.6. The minimum Gasteiger partial charge on any atom is -0.394 e. The van der Waals surface area contributed by atoms with E-state index in [2.05, 4.69) is 31.9 Å². The van der Waals surface area contributed by atoms with Crippen LogP contribution in [-0.2, 0) is 42.6 Å². The molecule has 0 saturated carbocycles. The Kier molecular flexibility index (Phi) is 25.8. The molecule has 0 radical (unpaired) electrons. The number of ether oxygens (including phenoxy) is 9. The molecule has 0 aromatic carbocycles. The Labute approximate surface area is 478 Å². The number of rotatable bonds is 17. The van der Waals surface area contributed by atoms with E-state index in [1.54, 1.807) is 0 Å². The standard InChI is InChI=1S/C47H83N7O23S3/c55-17-24-29(60)30(61)33(64)40(71-24)53-47(80)50-9-12-54(10-7-48-45(78)51-15-22-20-5-1-3-13-69-41-36(67)31(62)38(25(18-56)74-41)76-43(72-22)34(65)27(20)58)11-8-49-46(79)52-16-23-21-6-2-4-14-70-42-37(68)32(63)39(26(19-57)75-42)77-44(73-23)35(66)28(21)59/h20-44,55-68H,1-19H2,(H2,48,51,78)(H2,49,52,79)(H2,50,53,80)/t20?,21?,22?,23?,24?,25?,26?,27-,28-,29+,30-,31+,32+,33?,34?,35?,36?,37?,38?,39?,40-,41-,42-,43+,44+/m0/s1. The van der Waals surface area contributed by atoms with Crippen LogP contribution in [0.15, 0.2) is 0 Å². The minimum absolute atomic E-state index is 0.0433. The predicted octanol–water partition coefficient (Wildman–Crippen LogP) is -9.34. The summed E-state index contributed by atoms with van der Waals surface area (Å²) in [6, 6.07) is 0. The molecule has 13 saturated heterocycles. The van der Waals surface area contributed by atoms with Crippen molar-refractivity contribution in [1.29, 1.82) is 0 Å². The van der Waals surface area contributed by atoms with E-state index in [0.29, 0.717) is 71.2 Å². The van der Waals surface area contributed by atoms with Gasteiger partial charge in [-0.1, -0.05) is 12.8 Å². The largest absolute Gasteiger partial charge is 0.394 e. The van der Waals surface area contributed by atoms with Crippen LogP contribution in [0.5, 0.6) is 0 Å². The fourth-order valence-corrected chi connectivity index (χ4v) is 11.5. The van der Waals surface area contributed by atoms with Crippen molar-refractivity contribution in [2.45, 2.75) is 180 Å². The van der Waals surface area contributed by atoms with E-state index in [9.17, 15) is 71.5 Å². The molecule has 8 bridgehead atoms. The topological polar surface area (TPSA) is 442 Å². The van der Waals surface area contributed by atoms with Gasteiger partial charge in [-0.3, -0.25) is 4.90 Å². The Morgan fingerprint density at radius 1 is 0.388 bits per heavy atom. The van der Waals surface area contributed by atoms with Gasteiger partial charge in [-0.2, -0.15) is 0 Å². The molecule has 0 aliphatic carbocycles. The quantitative estimate of drug-likeness (QED) is 0.0601. The average molecular weight is 1210 g/mol. The molecule has 33 heteroatoms. The molecule has 0 spiro atoms. The van der Waals surface area contributed by atoms with Crippen molar-refractivity contribution in [1.82, 2.24) is 36.8 Å². The second kappa shape index (κ2) is 31.5. The highest BCUT2D eigenvalue weighted by Gasteiger charge is 2.53. The third-order valence-corrected chi connectivity index (χ3v) is 16.4. The van der Waals surface area contributed by atoms with Gasteiger partial charge in [0.15, 0.2) is 46.7 Å². The molecular formula is C47H83N7O23S3. The van der Waals surface area contributed by atoms with E-state index in [1.807, 2.05) is 4.90 Å². The maximum Gasteiger partial charge on any atom is 0.186 e. The molecule has 20 N–H and O–H groups in total. The predicted molar refractivity (Wildman–Crippen MR) is 284 cm³/mol. The van der Waals surface area contributed by atoms with Crippen molar-refractivity contribution in [2.24, 2.45) is 11.8 Å². The summed E-state index contributed by atoms with van der Waals surface area (Å²) >= 11 is 16.8. The molecule has 30 nitrogen and oxygen atoms in total. The van der Waals surface area contributed by atoms with Gasteiger partial charge in [-0.25, -0.2) is 0 Å². The van der Waals surface area contributed by atoms with Crippen molar-refractivity contribution in [3.8, 4) is 0 Å². The van der Waals surface area contributed by atoms with Crippen LogP contribution >= 0.6 is 36.7 Å². The second-order valence-electron chi connectivity index (χ2n) is 21.0. The Hall–Kier alpha value is -1.89. The molecule has 13 aliphatic heterocycles. The Morgan fingerprint density at radius 2 is 0.787 bits per heavy atom. The first kappa shape index (κ1) is 65.6. The highest BCUT2D eigenvalue weighted by molar-refractivity contribution is 7.80. The van der Waals surface area contributed by atoms with Crippen molar-refractivity contribution < 1.29 is 114 Å². The van der Waals surface area contributed by atoms with E-state index in [1.165, 1.54) is 0 Å². The van der Waals surface area contributed by atoms with Crippen LogP contribution in [-0.4, -0.2) is 318 Å². The SMILES string of the molecule is OCC1O[C@@H]2OCCCCC3C(CNC(=S)NCCN(CCNC(=S)NCC4O[C@@H]5OC6C(CO)O[C@H](OCCCCC4[C@H](O)C5O)C(O)[C@H]6O)CCNC(=S)N[C@H]4OC(CO)[C@@H](O)[C@H](O)C4O)O[C@H](OC1[C@H](O)C2O)C(O)[C@H]3O. The third kappa shape index (κ3) is 16.7. The van der Waals surface area contributed by atoms with E-state index >= 15 is 0 Å². The number of thiocarbonyl (C=S) groups is 3. The van der Waals surface area contributed by atoms with Gasteiger partial charge in [0, 0.05) is 77.4 Å². The monoisotopic (exact) mass is 1210 g/mol. The lowest BCUT2D eigenvalue weighted by atomic mass is 9.84. The number of hydrogen-bond donors (Lipinski definition) is 20. The van der Waals surface area contributed by atoms with Gasteiger partial charge in [-0.15, -0.1) is 0 Å². The molecular weight excluding hydrogens is 1130 g/mol. The zero-order valence-corrected chi connectivity index (χ0v) is 46.4. The maximum absolute atomic E-state index is 11.4. The van der Waals surface area contributed by atoms with Crippen molar-refractivity contribution >= 4 is 52.0 Å². The summed E-state index contributed by atoms with van der Waals surface area (Å²) in [6.45, 7) is 0.487. The minimum atomic E-state index is -1.62. The summed E-state index contributed by atoms with van der Waals surface area (Å²) in [6.07, 6.45) is -28.3.